The average molecular weight is 293 g/mol. The van der Waals surface area contributed by atoms with E-state index in [0.717, 1.165) is 51.1 Å². The zero-order valence-corrected chi connectivity index (χ0v) is 12.9. The summed E-state index contributed by atoms with van der Waals surface area (Å²) in [4.78, 5) is 19.3. The Morgan fingerprint density at radius 1 is 1.40 bits per heavy atom. The van der Waals surface area contributed by atoms with Gasteiger partial charge in [-0.25, -0.2) is 4.98 Å². The van der Waals surface area contributed by atoms with Crippen molar-refractivity contribution in [1.82, 2.24) is 15.2 Å². The number of piperidine rings is 2. The van der Waals surface area contributed by atoms with Crippen LogP contribution >= 0.6 is 11.3 Å². The van der Waals surface area contributed by atoms with Gasteiger partial charge in [-0.05, 0) is 45.7 Å². The van der Waals surface area contributed by atoms with Crippen LogP contribution in [0.25, 0.3) is 0 Å². The van der Waals surface area contributed by atoms with Gasteiger partial charge in [0.2, 0.25) is 5.91 Å². The zero-order valence-electron chi connectivity index (χ0n) is 12.1. The number of amides is 1. The molecule has 0 aliphatic carbocycles. The quantitative estimate of drug-likeness (QED) is 0.909. The van der Waals surface area contributed by atoms with Crippen LogP contribution in [-0.4, -0.2) is 42.0 Å². The molecule has 1 N–H and O–H groups in total. The summed E-state index contributed by atoms with van der Waals surface area (Å²) >= 11 is 1.75. The van der Waals surface area contributed by atoms with E-state index in [9.17, 15) is 4.79 Å². The second-order valence-corrected chi connectivity index (χ2v) is 6.86. The fraction of sp³-hybridized carbons (Fsp3) is 0.733. The first kappa shape index (κ1) is 14.0. The maximum Gasteiger partial charge on any atom is 0.225 e. The van der Waals surface area contributed by atoms with Gasteiger partial charge in [-0.2, -0.15) is 0 Å². The van der Waals surface area contributed by atoms with E-state index in [-0.39, 0.29) is 5.92 Å². The van der Waals surface area contributed by atoms with Gasteiger partial charge in [0.1, 0.15) is 0 Å². The molecule has 20 heavy (non-hydrogen) atoms. The number of carbonyl (C=O) groups is 1. The third-order valence-corrected chi connectivity index (χ3v) is 5.53. The van der Waals surface area contributed by atoms with E-state index in [1.54, 1.807) is 11.3 Å². The van der Waals surface area contributed by atoms with Crippen LogP contribution in [0.3, 0.4) is 0 Å². The van der Waals surface area contributed by atoms with Crippen LogP contribution in [0, 0.1) is 12.8 Å². The Kier molecular flexibility index (Phi) is 4.36. The maximum atomic E-state index is 12.6. The monoisotopic (exact) mass is 293 g/mol. The number of carbonyl (C=O) groups excluding carboxylic acids is 1. The fourth-order valence-corrected chi connectivity index (χ4v) is 4.19. The molecule has 0 bridgehead atoms. The second-order valence-electron chi connectivity index (χ2n) is 5.97. The molecule has 1 atom stereocenters. The molecule has 1 amide bonds. The lowest BCUT2D eigenvalue weighted by atomic mass is 9.93. The van der Waals surface area contributed by atoms with E-state index in [2.05, 4.69) is 20.6 Å². The summed E-state index contributed by atoms with van der Waals surface area (Å²) in [5, 5.41) is 6.66. The highest BCUT2D eigenvalue weighted by atomic mass is 32.1. The minimum absolute atomic E-state index is 0.244. The van der Waals surface area contributed by atoms with Gasteiger partial charge >= 0.3 is 0 Å². The first-order valence-corrected chi connectivity index (χ1v) is 8.53. The minimum atomic E-state index is 0.244. The minimum Gasteiger partial charge on any atom is -0.342 e. The molecule has 3 heterocycles. The standard InChI is InChI=1S/C15H23N3OS/c1-11-10-20-14(17-11)13-3-2-8-18(9-13)15(19)12-4-6-16-7-5-12/h10,12-13,16H,2-9H2,1H3. The molecule has 1 unspecified atom stereocenters. The van der Waals surface area contributed by atoms with Crippen LogP contribution in [0.2, 0.25) is 0 Å². The smallest absolute Gasteiger partial charge is 0.225 e. The molecule has 3 rings (SSSR count). The normalized spacial score (nSPS) is 24.9. The highest BCUT2D eigenvalue weighted by molar-refractivity contribution is 7.09. The third-order valence-electron chi connectivity index (χ3n) is 4.41. The van der Waals surface area contributed by atoms with Crippen LogP contribution in [0.4, 0.5) is 0 Å². The molecule has 2 fully saturated rings. The first-order valence-electron chi connectivity index (χ1n) is 7.65. The predicted molar refractivity (Wildman–Crippen MR) is 81.0 cm³/mol. The van der Waals surface area contributed by atoms with Gasteiger partial charge in [-0.15, -0.1) is 11.3 Å². The van der Waals surface area contributed by atoms with Gasteiger partial charge in [0.05, 0.1) is 5.01 Å². The van der Waals surface area contributed by atoms with Crippen molar-refractivity contribution in [3.05, 3.63) is 16.1 Å². The zero-order chi connectivity index (χ0) is 13.9. The van der Waals surface area contributed by atoms with E-state index >= 15 is 0 Å². The Labute approximate surface area is 124 Å². The Balaban J connectivity index is 1.63. The summed E-state index contributed by atoms with van der Waals surface area (Å²) in [5.74, 6) is 1.07. The lowest BCUT2D eigenvalue weighted by Gasteiger charge is -2.35. The van der Waals surface area contributed by atoms with Crippen LogP contribution in [0.5, 0.6) is 0 Å². The second kappa shape index (κ2) is 6.22. The lowest BCUT2D eigenvalue weighted by Crippen LogP contribution is -2.45. The van der Waals surface area contributed by atoms with E-state index in [1.807, 2.05) is 6.92 Å². The van der Waals surface area contributed by atoms with Crippen molar-refractivity contribution in [2.24, 2.45) is 5.92 Å². The van der Waals surface area contributed by atoms with E-state index in [0.29, 0.717) is 11.8 Å². The van der Waals surface area contributed by atoms with Crippen molar-refractivity contribution in [3.63, 3.8) is 0 Å². The predicted octanol–water partition coefficient (Wildman–Crippen LogP) is 2.16. The van der Waals surface area contributed by atoms with Crippen LogP contribution in [-0.2, 0) is 4.79 Å². The van der Waals surface area contributed by atoms with Crippen molar-refractivity contribution in [2.75, 3.05) is 26.2 Å². The molecule has 0 radical (unpaired) electrons. The first-order chi connectivity index (χ1) is 9.74. The molecular weight excluding hydrogens is 270 g/mol. The highest BCUT2D eigenvalue weighted by Crippen LogP contribution is 2.30. The van der Waals surface area contributed by atoms with Gasteiger partial charge in [0.25, 0.3) is 0 Å². The van der Waals surface area contributed by atoms with Gasteiger partial charge in [-0.1, -0.05) is 0 Å². The Hall–Kier alpha value is -0.940. The number of nitrogens with zero attached hydrogens (tertiary/aromatic N) is 2. The number of hydrogen-bond donors (Lipinski definition) is 1. The molecule has 2 aliphatic heterocycles. The molecular formula is C15H23N3OS. The van der Waals surface area contributed by atoms with Gasteiger partial charge < -0.3 is 10.2 Å². The van der Waals surface area contributed by atoms with Crippen LogP contribution in [0.15, 0.2) is 5.38 Å². The van der Waals surface area contributed by atoms with E-state index < -0.39 is 0 Å². The summed E-state index contributed by atoms with van der Waals surface area (Å²) in [6.45, 7) is 5.82. The van der Waals surface area contributed by atoms with Gasteiger partial charge in [0.15, 0.2) is 0 Å². The molecule has 2 saturated heterocycles. The molecule has 0 spiro atoms. The largest absolute Gasteiger partial charge is 0.342 e. The van der Waals surface area contributed by atoms with Crippen LogP contribution in [0.1, 0.15) is 42.3 Å². The van der Waals surface area contributed by atoms with E-state index in [4.69, 9.17) is 0 Å². The topological polar surface area (TPSA) is 45.2 Å². The number of likely N-dealkylation sites (tertiary alicyclic amines) is 1. The molecule has 1 aromatic rings. The van der Waals surface area contributed by atoms with Crippen molar-refractivity contribution in [3.8, 4) is 0 Å². The summed E-state index contributed by atoms with van der Waals surface area (Å²) in [5.41, 5.74) is 1.10. The summed E-state index contributed by atoms with van der Waals surface area (Å²) in [6, 6.07) is 0. The molecule has 110 valence electrons. The van der Waals surface area contributed by atoms with Crippen molar-refractivity contribution in [2.45, 2.75) is 38.5 Å². The molecule has 5 heteroatoms. The average Bonchev–Trinajstić information content (AvgIpc) is 2.94. The summed E-state index contributed by atoms with van der Waals surface area (Å²) in [7, 11) is 0. The lowest BCUT2D eigenvalue weighted by molar-refractivity contribution is -0.137. The number of aryl methyl sites for hydroxylation is 1. The number of nitrogens with one attached hydrogen (secondary N) is 1. The third kappa shape index (κ3) is 3.04. The molecule has 1 aromatic heterocycles. The number of hydrogen-bond acceptors (Lipinski definition) is 4. The van der Waals surface area contributed by atoms with E-state index in [1.165, 1.54) is 11.4 Å². The Bertz CT molecular complexity index is 467. The SMILES string of the molecule is Cc1csc(C2CCCN(C(=O)C3CCNCC3)C2)n1. The molecule has 4 nitrogen and oxygen atoms in total. The maximum absolute atomic E-state index is 12.6. The molecule has 0 aromatic carbocycles. The van der Waals surface area contributed by atoms with Crippen LogP contribution < -0.4 is 5.32 Å². The number of thiazole rings is 1. The molecule has 2 aliphatic rings. The number of aromatic nitrogens is 1. The van der Waals surface area contributed by atoms with Gasteiger partial charge in [0, 0.05) is 36.0 Å². The van der Waals surface area contributed by atoms with Crippen molar-refractivity contribution in [1.29, 1.82) is 0 Å². The van der Waals surface area contributed by atoms with Crippen molar-refractivity contribution < 1.29 is 4.79 Å². The Morgan fingerprint density at radius 3 is 2.90 bits per heavy atom. The summed E-state index contributed by atoms with van der Waals surface area (Å²) in [6.07, 6.45) is 4.27. The Morgan fingerprint density at radius 2 is 2.20 bits per heavy atom. The number of rotatable bonds is 2. The molecule has 0 saturated carbocycles. The fourth-order valence-electron chi connectivity index (χ4n) is 3.27. The van der Waals surface area contributed by atoms with Crippen molar-refractivity contribution >= 4 is 17.2 Å². The highest BCUT2D eigenvalue weighted by Gasteiger charge is 2.31. The van der Waals surface area contributed by atoms with Gasteiger partial charge in [-0.3, -0.25) is 4.79 Å². The summed E-state index contributed by atoms with van der Waals surface area (Å²) < 4.78 is 0.